The first-order chi connectivity index (χ1) is 8.70. The van der Waals surface area contributed by atoms with Gasteiger partial charge in [-0.25, -0.2) is 0 Å². The van der Waals surface area contributed by atoms with Crippen molar-refractivity contribution < 1.29 is 18.3 Å². The normalized spacial score (nSPS) is 36.6. The molecule has 112 valence electrons. The lowest BCUT2D eigenvalue weighted by atomic mass is 9.87. The Morgan fingerprint density at radius 3 is 2.47 bits per heavy atom. The molecule has 1 saturated carbocycles. The van der Waals surface area contributed by atoms with E-state index in [4.69, 9.17) is 0 Å². The van der Waals surface area contributed by atoms with Gasteiger partial charge in [0.05, 0.1) is 12.0 Å². The number of likely N-dealkylation sites (tertiary alicyclic amines) is 1. The number of halogens is 3. The van der Waals surface area contributed by atoms with E-state index in [1.807, 2.05) is 18.7 Å². The van der Waals surface area contributed by atoms with Crippen molar-refractivity contribution in [2.75, 3.05) is 19.6 Å². The summed E-state index contributed by atoms with van der Waals surface area (Å²) in [5.41, 5.74) is -0.0934. The van der Waals surface area contributed by atoms with Crippen molar-refractivity contribution >= 4 is 0 Å². The quantitative estimate of drug-likeness (QED) is 0.840. The molecule has 0 aromatic heterocycles. The second kappa shape index (κ2) is 5.24. The van der Waals surface area contributed by atoms with Gasteiger partial charge in [0.15, 0.2) is 0 Å². The van der Waals surface area contributed by atoms with Crippen molar-refractivity contribution in [3.63, 3.8) is 0 Å². The van der Waals surface area contributed by atoms with Gasteiger partial charge in [0, 0.05) is 13.1 Å². The highest BCUT2D eigenvalue weighted by molar-refractivity contribution is 4.93. The summed E-state index contributed by atoms with van der Waals surface area (Å²) < 4.78 is 38.3. The minimum absolute atomic E-state index is 0.0934. The molecule has 0 spiro atoms. The summed E-state index contributed by atoms with van der Waals surface area (Å²) in [5, 5.41) is 10.2. The molecule has 0 radical (unpaired) electrons. The third-order valence-corrected chi connectivity index (χ3v) is 4.87. The minimum Gasteiger partial charge on any atom is -0.392 e. The molecule has 1 aliphatic carbocycles. The zero-order valence-corrected chi connectivity index (χ0v) is 11.7. The largest absolute Gasteiger partial charge is 0.393 e. The molecule has 0 amide bonds. The fraction of sp³-hybridized carbons (Fsp3) is 1.00. The predicted molar refractivity (Wildman–Crippen MR) is 67.7 cm³/mol. The van der Waals surface area contributed by atoms with Gasteiger partial charge in [-0.1, -0.05) is 13.8 Å². The van der Waals surface area contributed by atoms with Crippen LogP contribution in [-0.2, 0) is 0 Å². The number of hydrogen-bond donors (Lipinski definition) is 1. The highest BCUT2D eigenvalue weighted by Crippen LogP contribution is 2.42. The van der Waals surface area contributed by atoms with Crippen molar-refractivity contribution in [1.29, 1.82) is 0 Å². The Morgan fingerprint density at radius 2 is 1.95 bits per heavy atom. The summed E-state index contributed by atoms with van der Waals surface area (Å²) in [5.74, 6) is -1.06. The van der Waals surface area contributed by atoms with Crippen molar-refractivity contribution in [2.45, 2.75) is 51.8 Å². The van der Waals surface area contributed by atoms with Crippen LogP contribution in [0.5, 0.6) is 0 Å². The minimum atomic E-state index is -4.08. The molecule has 19 heavy (non-hydrogen) atoms. The number of aliphatic hydroxyl groups excluding tert-OH is 1. The zero-order chi connectivity index (χ0) is 14.3. The SMILES string of the molecule is CC1(C)CCC(CN2CCCC(C(F)(F)F)C2)C1O. The molecule has 1 heterocycles. The van der Waals surface area contributed by atoms with Gasteiger partial charge in [-0.15, -0.1) is 0 Å². The Morgan fingerprint density at radius 1 is 1.26 bits per heavy atom. The van der Waals surface area contributed by atoms with E-state index in [0.29, 0.717) is 13.0 Å². The molecule has 1 N–H and O–H groups in total. The van der Waals surface area contributed by atoms with Crippen LogP contribution in [-0.4, -0.2) is 41.9 Å². The topological polar surface area (TPSA) is 23.5 Å². The Labute approximate surface area is 113 Å². The lowest BCUT2D eigenvalue weighted by Gasteiger charge is -2.36. The highest BCUT2D eigenvalue weighted by atomic mass is 19.4. The fourth-order valence-corrected chi connectivity index (χ4v) is 3.51. The third kappa shape index (κ3) is 3.43. The predicted octanol–water partition coefficient (Wildman–Crippen LogP) is 3.06. The summed E-state index contributed by atoms with van der Waals surface area (Å²) in [6, 6.07) is 0. The van der Waals surface area contributed by atoms with Gasteiger partial charge in [0.25, 0.3) is 0 Å². The Balaban J connectivity index is 1.90. The molecule has 3 unspecified atom stereocenters. The first-order valence-electron chi connectivity index (χ1n) is 7.17. The highest BCUT2D eigenvalue weighted by Gasteiger charge is 2.44. The molecule has 0 bridgehead atoms. The maximum absolute atomic E-state index is 12.8. The number of nitrogens with zero attached hydrogens (tertiary/aromatic N) is 1. The number of hydrogen-bond acceptors (Lipinski definition) is 2. The second-order valence-corrected chi connectivity index (χ2v) is 6.87. The fourth-order valence-electron chi connectivity index (χ4n) is 3.51. The second-order valence-electron chi connectivity index (χ2n) is 6.87. The van der Waals surface area contributed by atoms with Gasteiger partial charge in [-0.3, -0.25) is 0 Å². The first kappa shape index (κ1) is 15.1. The lowest BCUT2D eigenvalue weighted by molar-refractivity contribution is -0.187. The van der Waals surface area contributed by atoms with Gasteiger partial charge in [-0.2, -0.15) is 13.2 Å². The molecule has 2 fully saturated rings. The van der Waals surface area contributed by atoms with Gasteiger partial charge in [0.1, 0.15) is 0 Å². The van der Waals surface area contributed by atoms with E-state index in [2.05, 4.69) is 0 Å². The average Bonchev–Trinajstić information content (AvgIpc) is 2.56. The van der Waals surface area contributed by atoms with E-state index in [0.717, 1.165) is 19.4 Å². The van der Waals surface area contributed by atoms with Crippen molar-refractivity contribution in [2.24, 2.45) is 17.3 Å². The van der Waals surface area contributed by atoms with Gasteiger partial charge in [-0.05, 0) is 43.6 Å². The van der Waals surface area contributed by atoms with Crippen LogP contribution in [0.15, 0.2) is 0 Å². The molecule has 1 aliphatic heterocycles. The van der Waals surface area contributed by atoms with Gasteiger partial charge in [0.2, 0.25) is 0 Å². The number of aliphatic hydroxyl groups is 1. The van der Waals surface area contributed by atoms with Crippen molar-refractivity contribution in [3.05, 3.63) is 0 Å². The molecule has 3 atom stereocenters. The molecular weight excluding hydrogens is 255 g/mol. The standard InChI is InChI=1S/C14H24F3NO/c1-13(2)6-5-10(12(13)19)8-18-7-3-4-11(9-18)14(15,16)17/h10-12,19H,3-9H2,1-2H3. The van der Waals surface area contributed by atoms with Crippen LogP contribution in [0.2, 0.25) is 0 Å². The van der Waals surface area contributed by atoms with Crippen LogP contribution >= 0.6 is 0 Å². The summed E-state index contributed by atoms with van der Waals surface area (Å²) in [6.45, 7) is 5.51. The summed E-state index contributed by atoms with van der Waals surface area (Å²) in [6.07, 6.45) is -1.74. The summed E-state index contributed by atoms with van der Waals surface area (Å²) >= 11 is 0. The van der Waals surface area contributed by atoms with Gasteiger partial charge >= 0.3 is 6.18 Å². The van der Waals surface area contributed by atoms with E-state index >= 15 is 0 Å². The van der Waals surface area contributed by atoms with Crippen LogP contribution < -0.4 is 0 Å². The zero-order valence-electron chi connectivity index (χ0n) is 11.7. The molecule has 2 rings (SSSR count). The number of alkyl halides is 3. The van der Waals surface area contributed by atoms with Gasteiger partial charge < -0.3 is 10.0 Å². The maximum atomic E-state index is 12.8. The van der Waals surface area contributed by atoms with Crippen LogP contribution in [0.4, 0.5) is 13.2 Å². The molecule has 1 saturated heterocycles. The third-order valence-electron chi connectivity index (χ3n) is 4.87. The molecule has 2 nitrogen and oxygen atoms in total. The van der Waals surface area contributed by atoms with E-state index < -0.39 is 18.2 Å². The smallest absolute Gasteiger partial charge is 0.392 e. The lowest BCUT2D eigenvalue weighted by Crippen LogP contribution is -2.45. The monoisotopic (exact) mass is 279 g/mol. The van der Waals surface area contributed by atoms with E-state index in [1.165, 1.54) is 0 Å². The van der Waals surface area contributed by atoms with E-state index in [-0.39, 0.29) is 24.3 Å². The van der Waals surface area contributed by atoms with Crippen LogP contribution in [0.1, 0.15) is 39.5 Å². The number of rotatable bonds is 2. The molecular formula is C14H24F3NO. The first-order valence-corrected chi connectivity index (χ1v) is 7.17. The van der Waals surface area contributed by atoms with Crippen LogP contribution in [0, 0.1) is 17.3 Å². The van der Waals surface area contributed by atoms with E-state index in [1.54, 1.807) is 0 Å². The summed E-state index contributed by atoms with van der Waals surface area (Å²) in [4.78, 5) is 1.90. The Bertz CT molecular complexity index is 316. The maximum Gasteiger partial charge on any atom is 0.393 e. The molecule has 0 aromatic carbocycles. The Kier molecular flexibility index (Phi) is 4.17. The number of piperidine rings is 1. The molecule has 5 heteroatoms. The Hall–Kier alpha value is -0.290. The molecule has 0 aromatic rings. The summed E-state index contributed by atoms with van der Waals surface area (Å²) in [7, 11) is 0. The van der Waals surface area contributed by atoms with Crippen molar-refractivity contribution in [3.8, 4) is 0 Å². The van der Waals surface area contributed by atoms with Crippen LogP contribution in [0.25, 0.3) is 0 Å². The average molecular weight is 279 g/mol. The van der Waals surface area contributed by atoms with Crippen LogP contribution in [0.3, 0.4) is 0 Å². The van der Waals surface area contributed by atoms with Crippen molar-refractivity contribution in [1.82, 2.24) is 4.90 Å². The van der Waals surface area contributed by atoms with E-state index in [9.17, 15) is 18.3 Å². The molecule has 2 aliphatic rings.